The molecule has 0 unspecified atom stereocenters. The quantitative estimate of drug-likeness (QED) is 0.332. The Labute approximate surface area is 185 Å². The minimum absolute atomic E-state index is 0.128. The number of nitriles is 1. The second-order valence-corrected chi connectivity index (χ2v) is 7.95. The van der Waals surface area contributed by atoms with E-state index in [1.165, 1.54) is 16.7 Å². The summed E-state index contributed by atoms with van der Waals surface area (Å²) in [6, 6.07) is 15.0. The molecule has 1 aliphatic rings. The monoisotopic (exact) mass is 436 g/mol. The second-order valence-electron chi connectivity index (χ2n) is 6.28. The maximum Gasteiger partial charge on any atom is 0.266 e. The van der Waals surface area contributed by atoms with Crippen molar-refractivity contribution in [3.05, 3.63) is 76.7 Å². The van der Waals surface area contributed by atoms with Crippen molar-refractivity contribution < 1.29 is 14.3 Å². The molecule has 1 heterocycles. The van der Waals surface area contributed by atoms with Crippen molar-refractivity contribution >= 4 is 40.3 Å². The summed E-state index contributed by atoms with van der Waals surface area (Å²) < 4.78 is 12.2. The van der Waals surface area contributed by atoms with Crippen LogP contribution in [0, 0.1) is 11.3 Å². The largest absolute Gasteiger partial charge is 0.490 e. The van der Waals surface area contributed by atoms with Gasteiger partial charge in [-0.3, -0.25) is 9.69 Å². The summed E-state index contributed by atoms with van der Waals surface area (Å²) >= 11 is 6.55. The lowest BCUT2D eigenvalue weighted by atomic mass is 10.1. The minimum Gasteiger partial charge on any atom is -0.490 e. The van der Waals surface area contributed by atoms with E-state index in [-0.39, 0.29) is 12.5 Å². The van der Waals surface area contributed by atoms with E-state index in [0.717, 1.165) is 11.1 Å². The Bertz CT molecular complexity index is 1060. The molecule has 0 radical (unpaired) electrons. The molecule has 2 aromatic carbocycles. The number of thioether (sulfide) groups is 1. The highest BCUT2D eigenvalue weighted by Crippen LogP contribution is 2.35. The van der Waals surface area contributed by atoms with Crippen LogP contribution in [-0.4, -0.2) is 28.3 Å². The molecule has 3 rings (SSSR count). The fourth-order valence-corrected chi connectivity index (χ4v) is 4.13. The Kier molecular flexibility index (Phi) is 7.28. The van der Waals surface area contributed by atoms with E-state index in [0.29, 0.717) is 39.4 Å². The Hall–Kier alpha value is -3.08. The van der Waals surface area contributed by atoms with Crippen molar-refractivity contribution in [1.29, 1.82) is 5.26 Å². The molecule has 1 aliphatic heterocycles. The fraction of sp³-hybridized carbons (Fsp3) is 0.174. The number of hydrogen-bond acceptors (Lipinski definition) is 6. The van der Waals surface area contributed by atoms with E-state index in [1.54, 1.807) is 24.3 Å². The molecule has 5 nitrogen and oxygen atoms in total. The van der Waals surface area contributed by atoms with Gasteiger partial charge in [0.05, 0.1) is 23.1 Å². The first kappa shape index (κ1) is 21.6. The fourth-order valence-electron chi connectivity index (χ4n) is 2.85. The molecule has 0 aliphatic carbocycles. The number of thiocarbonyl (C=S) groups is 1. The number of benzene rings is 2. The topological polar surface area (TPSA) is 62.6 Å². The third kappa shape index (κ3) is 4.90. The number of hydrogen-bond donors (Lipinski definition) is 0. The van der Waals surface area contributed by atoms with Crippen molar-refractivity contribution in [2.75, 3.05) is 13.2 Å². The maximum atomic E-state index is 12.5. The molecule has 0 atom stereocenters. The summed E-state index contributed by atoms with van der Waals surface area (Å²) in [5.74, 6) is 1.01. The predicted molar refractivity (Wildman–Crippen MR) is 123 cm³/mol. The van der Waals surface area contributed by atoms with Gasteiger partial charge >= 0.3 is 0 Å². The smallest absolute Gasteiger partial charge is 0.266 e. The van der Waals surface area contributed by atoms with Crippen LogP contribution >= 0.6 is 24.0 Å². The molecule has 1 saturated heterocycles. The minimum atomic E-state index is -0.128. The highest BCUT2D eigenvalue weighted by molar-refractivity contribution is 8.26. The SMILES string of the molecule is C=CCN1C(=O)/C(=C\c2ccc(OCc3ccccc3C#N)c(OCC)c2)SC1=S. The molecule has 0 bridgehead atoms. The van der Waals surface area contributed by atoms with Crippen LogP contribution in [0.1, 0.15) is 23.6 Å². The number of amides is 1. The van der Waals surface area contributed by atoms with Gasteiger partial charge in [-0.15, -0.1) is 6.58 Å². The average molecular weight is 437 g/mol. The lowest BCUT2D eigenvalue weighted by Crippen LogP contribution is -2.27. The van der Waals surface area contributed by atoms with Crippen LogP contribution < -0.4 is 9.47 Å². The summed E-state index contributed by atoms with van der Waals surface area (Å²) in [5, 5.41) is 9.23. The third-order valence-corrected chi connectivity index (χ3v) is 5.65. The maximum absolute atomic E-state index is 12.5. The lowest BCUT2D eigenvalue weighted by molar-refractivity contribution is -0.121. The molecule has 2 aromatic rings. The van der Waals surface area contributed by atoms with Crippen molar-refractivity contribution in [2.45, 2.75) is 13.5 Å². The van der Waals surface area contributed by atoms with Gasteiger partial charge in [0, 0.05) is 12.1 Å². The molecular formula is C23H20N2O3S2. The zero-order valence-corrected chi connectivity index (χ0v) is 18.1. The van der Waals surface area contributed by atoms with Gasteiger partial charge in [0.25, 0.3) is 5.91 Å². The third-order valence-electron chi connectivity index (χ3n) is 4.27. The first-order valence-corrected chi connectivity index (χ1v) is 10.5. The molecule has 7 heteroatoms. The number of rotatable bonds is 8. The number of carbonyl (C=O) groups is 1. The molecule has 30 heavy (non-hydrogen) atoms. The Morgan fingerprint density at radius 2 is 2.03 bits per heavy atom. The number of ether oxygens (including phenoxy) is 2. The van der Waals surface area contributed by atoms with Crippen molar-refractivity contribution in [1.82, 2.24) is 4.90 Å². The number of nitrogens with zero attached hydrogens (tertiary/aromatic N) is 2. The van der Waals surface area contributed by atoms with E-state index in [4.69, 9.17) is 21.7 Å². The predicted octanol–water partition coefficient (Wildman–Crippen LogP) is 4.92. The van der Waals surface area contributed by atoms with E-state index in [9.17, 15) is 10.1 Å². The van der Waals surface area contributed by atoms with E-state index in [2.05, 4.69) is 12.6 Å². The average Bonchev–Trinajstić information content (AvgIpc) is 3.01. The zero-order valence-electron chi connectivity index (χ0n) is 16.5. The van der Waals surface area contributed by atoms with Gasteiger partial charge in [-0.2, -0.15) is 5.26 Å². The normalized spacial score (nSPS) is 14.7. The van der Waals surface area contributed by atoms with E-state index in [1.807, 2.05) is 37.3 Å². The molecule has 0 aromatic heterocycles. The van der Waals surface area contributed by atoms with Gasteiger partial charge in [0.2, 0.25) is 0 Å². The van der Waals surface area contributed by atoms with Crippen LogP contribution in [0.2, 0.25) is 0 Å². The van der Waals surface area contributed by atoms with Crippen LogP contribution in [0.5, 0.6) is 11.5 Å². The van der Waals surface area contributed by atoms with Gasteiger partial charge in [-0.1, -0.05) is 54.3 Å². The van der Waals surface area contributed by atoms with Crippen molar-refractivity contribution in [2.24, 2.45) is 0 Å². The van der Waals surface area contributed by atoms with Crippen molar-refractivity contribution in [3.63, 3.8) is 0 Å². The molecule has 0 saturated carbocycles. The van der Waals surface area contributed by atoms with Gasteiger partial charge in [-0.25, -0.2) is 0 Å². The highest BCUT2D eigenvalue weighted by atomic mass is 32.2. The van der Waals surface area contributed by atoms with E-state index < -0.39 is 0 Å². The molecular weight excluding hydrogens is 416 g/mol. The molecule has 0 spiro atoms. The van der Waals surface area contributed by atoms with Crippen molar-refractivity contribution in [3.8, 4) is 17.6 Å². The Balaban J connectivity index is 1.82. The second kappa shape index (κ2) is 10.1. The standard InChI is InChI=1S/C23H20N2O3S2/c1-3-11-25-22(26)21(30-23(25)29)13-16-9-10-19(20(12-16)27-4-2)28-15-18-8-6-5-7-17(18)14-24/h3,5-10,12-13H,1,4,11,15H2,2H3/b21-13+. The molecule has 0 N–H and O–H groups in total. The van der Waals surface area contributed by atoms with Crippen LogP contribution in [-0.2, 0) is 11.4 Å². The van der Waals surface area contributed by atoms with Gasteiger partial charge in [0.15, 0.2) is 11.5 Å². The number of carbonyl (C=O) groups excluding carboxylic acids is 1. The van der Waals surface area contributed by atoms with E-state index >= 15 is 0 Å². The lowest BCUT2D eigenvalue weighted by Gasteiger charge is -2.13. The first-order valence-electron chi connectivity index (χ1n) is 9.31. The first-order chi connectivity index (χ1) is 14.6. The Morgan fingerprint density at radius 3 is 2.77 bits per heavy atom. The van der Waals surface area contributed by atoms with Crippen LogP contribution in [0.4, 0.5) is 0 Å². The summed E-state index contributed by atoms with van der Waals surface area (Å²) in [7, 11) is 0. The van der Waals surface area contributed by atoms with Crippen LogP contribution in [0.15, 0.2) is 60.0 Å². The van der Waals surface area contributed by atoms with Gasteiger partial charge in [-0.05, 0) is 36.8 Å². The zero-order chi connectivity index (χ0) is 21.5. The molecule has 1 amide bonds. The molecule has 1 fully saturated rings. The summed E-state index contributed by atoms with van der Waals surface area (Å²) in [5.41, 5.74) is 2.19. The molecule has 152 valence electrons. The summed E-state index contributed by atoms with van der Waals surface area (Å²) in [6.45, 7) is 6.67. The van der Waals surface area contributed by atoms with Gasteiger partial charge < -0.3 is 9.47 Å². The van der Waals surface area contributed by atoms with Gasteiger partial charge in [0.1, 0.15) is 10.9 Å². The Morgan fingerprint density at radius 1 is 1.23 bits per heavy atom. The summed E-state index contributed by atoms with van der Waals surface area (Å²) in [6.07, 6.45) is 3.44. The van der Waals surface area contributed by atoms with Crippen LogP contribution in [0.25, 0.3) is 6.08 Å². The summed E-state index contributed by atoms with van der Waals surface area (Å²) in [4.78, 5) is 14.6. The highest BCUT2D eigenvalue weighted by Gasteiger charge is 2.31. The van der Waals surface area contributed by atoms with Crippen LogP contribution in [0.3, 0.4) is 0 Å².